The minimum absolute atomic E-state index is 0.148. The lowest BCUT2D eigenvalue weighted by Crippen LogP contribution is -2.38. The molecule has 1 aliphatic rings. The fraction of sp³-hybridized carbons (Fsp3) is 0.562. The van der Waals surface area contributed by atoms with Crippen LogP contribution in [0.2, 0.25) is 0 Å². The molecular formula is C16H22N4OS. The lowest BCUT2D eigenvalue weighted by atomic mass is 10.00. The van der Waals surface area contributed by atoms with Crippen molar-refractivity contribution < 1.29 is 4.79 Å². The molecule has 0 radical (unpaired) electrons. The molecule has 0 aliphatic carbocycles. The van der Waals surface area contributed by atoms with Crippen LogP contribution in [0, 0.1) is 12.8 Å². The van der Waals surface area contributed by atoms with E-state index in [9.17, 15) is 4.79 Å². The quantitative estimate of drug-likeness (QED) is 0.943. The van der Waals surface area contributed by atoms with Gasteiger partial charge in [-0.1, -0.05) is 6.92 Å². The van der Waals surface area contributed by atoms with E-state index in [0.29, 0.717) is 5.92 Å². The van der Waals surface area contributed by atoms with Gasteiger partial charge in [0.25, 0.3) is 5.91 Å². The molecule has 1 fully saturated rings. The van der Waals surface area contributed by atoms with Crippen LogP contribution in [0.5, 0.6) is 0 Å². The van der Waals surface area contributed by atoms with Gasteiger partial charge in [-0.3, -0.25) is 4.79 Å². The highest BCUT2D eigenvalue weighted by Crippen LogP contribution is 2.34. The highest BCUT2D eigenvalue weighted by Gasteiger charge is 2.26. The lowest BCUT2D eigenvalue weighted by Gasteiger charge is -2.30. The maximum absolute atomic E-state index is 12.9. The summed E-state index contributed by atoms with van der Waals surface area (Å²) in [5, 5.41) is 4.25. The monoisotopic (exact) mass is 318 g/mol. The number of thiophene rings is 1. The number of aryl methyl sites for hydroxylation is 1. The fourth-order valence-corrected chi connectivity index (χ4v) is 4.21. The Labute approximate surface area is 134 Å². The zero-order valence-corrected chi connectivity index (χ0v) is 14.2. The number of likely N-dealkylation sites (tertiary alicyclic amines) is 1. The van der Waals surface area contributed by atoms with Gasteiger partial charge in [-0.05, 0) is 38.2 Å². The molecule has 1 saturated heterocycles. The lowest BCUT2D eigenvalue weighted by molar-refractivity contribution is 0.0687. The molecule has 6 heteroatoms. The summed E-state index contributed by atoms with van der Waals surface area (Å²) in [7, 11) is 0. The molecule has 1 atom stereocenters. The van der Waals surface area contributed by atoms with Gasteiger partial charge in [-0.2, -0.15) is 0 Å². The number of nitrogens with one attached hydrogen (secondary N) is 1. The van der Waals surface area contributed by atoms with Gasteiger partial charge in [-0.25, -0.2) is 9.97 Å². The molecular weight excluding hydrogens is 296 g/mol. The van der Waals surface area contributed by atoms with Crippen LogP contribution in [0.3, 0.4) is 0 Å². The molecule has 1 aliphatic heterocycles. The van der Waals surface area contributed by atoms with Crippen molar-refractivity contribution >= 4 is 33.3 Å². The van der Waals surface area contributed by atoms with E-state index in [2.05, 4.69) is 22.2 Å². The minimum Gasteiger partial charge on any atom is -0.370 e. The van der Waals surface area contributed by atoms with Crippen LogP contribution in [0.1, 0.15) is 41.9 Å². The van der Waals surface area contributed by atoms with Crippen LogP contribution < -0.4 is 5.32 Å². The molecule has 0 aromatic carbocycles. The molecule has 3 heterocycles. The van der Waals surface area contributed by atoms with Gasteiger partial charge in [0.15, 0.2) is 0 Å². The first-order chi connectivity index (χ1) is 10.6. The highest BCUT2D eigenvalue weighted by molar-refractivity contribution is 7.20. The van der Waals surface area contributed by atoms with E-state index in [-0.39, 0.29) is 5.91 Å². The second kappa shape index (κ2) is 6.20. The van der Waals surface area contributed by atoms with Gasteiger partial charge in [0, 0.05) is 19.6 Å². The van der Waals surface area contributed by atoms with Crippen molar-refractivity contribution in [3.8, 4) is 0 Å². The van der Waals surface area contributed by atoms with Gasteiger partial charge >= 0.3 is 0 Å². The normalized spacial score (nSPS) is 18.7. The first-order valence-corrected chi connectivity index (χ1v) is 8.70. The number of hydrogen-bond donors (Lipinski definition) is 1. The number of anilines is 1. The van der Waals surface area contributed by atoms with Crippen molar-refractivity contribution in [3.63, 3.8) is 0 Å². The van der Waals surface area contributed by atoms with Gasteiger partial charge in [0.05, 0.1) is 10.3 Å². The summed E-state index contributed by atoms with van der Waals surface area (Å²) in [6, 6.07) is 0. The average molecular weight is 318 g/mol. The molecule has 22 heavy (non-hydrogen) atoms. The van der Waals surface area contributed by atoms with Crippen LogP contribution in [-0.4, -0.2) is 40.4 Å². The number of fused-ring (bicyclic) bond motifs is 1. The molecule has 0 bridgehead atoms. The van der Waals surface area contributed by atoms with Gasteiger partial charge < -0.3 is 10.2 Å². The smallest absolute Gasteiger partial charge is 0.264 e. The van der Waals surface area contributed by atoms with Crippen molar-refractivity contribution in [2.45, 2.75) is 33.6 Å². The van der Waals surface area contributed by atoms with Crippen molar-refractivity contribution in [2.75, 3.05) is 25.0 Å². The molecule has 1 N–H and O–H groups in total. The zero-order valence-electron chi connectivity index (χ0n) is 13.3. The Balaban J connectivity index is 1.99. The van der Waals surface area contributed by atoms with Crippen molar-refractivity contribution in [2.24, 2.45) is 5.92 Å². The molecule has 3 rings (SSSR count). The summed E-state index contributed by atoms with van der Waals surface area (Å²) in [5.41, 5.74) is 1.000. The summed E-state index contributed by atoms with van der Waals surface area (Å²) >= 11 is 1.48. The van der Waals surface area contributed by atoms with Crippen LogP contribution in [0.15, 0.2) is 6.33 Å². The van der Waals surface area contributed by atoms with E-state index in [0.717, 1.165) is 52.5 Å². The van der Waals surface area contributed by atoms with Crippen LogP contribution in [0.25, 0.3) is 10.2 Å². The Morgan fingerprint density at radius 3 is 3.05 bits per heavy atom. The molecule has 2 aromatic heterocycles. The Bertz CT molecular complexity index is 697. The topological polar surface area (TPSA) is 58.1 Å². The van der Waals surface area contributed by atoms with Crippen molar-refractivity contribution in [3.05, 3.63) is 16.8 Å². The average Bonchev–Trinajstić information content (AvgIpc) is 2.85. The first-order valence-electron chi connectivity index (χ1n) is 7.89. The molecule has 1 amide bonds. The molecule has 0 saturated carbocycles. The second-order valence-electron chi connectivity index (χ2n) is 5.99. The van der Waals surface area contributed by atoms with Crippen LogP contribution in [0.4, 0.5) is 5.82 Å². The summed E-state index contributed by atoms with van der Waals surface area (Å²) in [6.45, 7) is 8.78. The third-order valence-electron chi connectivity index (χ3n) is 4.21. The van der Waals surface area contributed by atoms with Crippen LogP contribution in [-0.2, 0) is 0 Å². The van der Waals surface area contributed by atoms with E-state index in [4.69, 9.17) is 0 Å². The predicted molar refractivity (Wildman–Crippen MR) is 90.6 cm³/mol. The zero-order chi connectivity index (χ0) is 15.7. The third-order valence-corrected chi connectivity index (χ3v) is 5.40. The molecule has 118 valence electrons. The number of hydrogen-bond acceptors (Lipinski definition) is 5. The number of carbonyl (C=O) groups excluding carboxylic acids is 1. The number of carbonyl (C=O) groups is 1. The number of nitrogens with zero attached hydrogens (tertiary/aromatic N) is 3. The maximum Gasteiger partial charge on any atom is 0.264 e. The summed E-state index contributed by atoms with van der Waals surface area (Å²) in [5.74, 6) is 1.56. The van der Waals surface area contributed by atoms with E-state index < -0.39 is 0 Å². The fourth-order valence-electron chi connectivity index (χ4n) is 3.09. The Morgan fingerprint density at radius 1 is 1.50 bits per heavy atom. The van der Waals surface area contributed by atoms with E-state index in [1.807, 2.05) is 18.7 Å². The summed E-state index contributed by atoms with van der Waals surface area (Å²) in [6.07, 6.45) is 3.87. The molecule has 0 spiro atoms. The van der Waals surface area contributed by atoms with E-state index in [1.165, 1.54) is 17.8 Å². The van der Waals surface area contributed by atoms with Gasteiger partial charge in [-0.15, -0.1) is 11.3 Å². The summed E-state index contributed by atoms with van der Waals surface area (Å²) in [4.78, 5) is 25.2. The summed E-state index contributed by atoms with van der Waals surface area (Å²) < 4.78 is 0. The number of piperidine rings is 1. The Kier molecular flexibility index (Phi) is 4.29. The number of rotatable bonds is 3. The van der Waals surface area contributed by atoms with Crippen LogP contribution >= 0.6 is 11.3 Å². The highest BCUT2D eigenvalue weighted by atomic mass is 32.1. The first kappa shape index (κ1) is 15.2. The number of aromatic nitrogens is 2. The molecule has 2 aromatic rings. The van der Waals surface area contributed by atoms with Crippen molar-refractivity contribution in [1.82, 2.24) is 14.9 Å². The Morgan fingerprint density at radius 2 is 2.32 bits per heavy atom. The molecule has 1 unspecified atom stereocenters. The Hall–Kier alpha value is -1.69. The SMILES string of the molecule is CCNc1ncnc2sc(C(=O)N3CCCC(C)C3)c(C)c12. The van der Waals surface area contributed by atoms with E-state index >= 15 is 0 Å². The molecule has 5 nitrogen and oxygen atoms in total. The third kappa shape index (κ3) is 2.67. The predicted octanol–water partition coefficient (Wildman–Crippen LogP) is 3.30. The maximum atomic E-state index is 12.9. The van der Waals surface area contributed by atoms with E-state index in [1.54, 1.807) is 6.33 Å². The largest absolute Gasteiger partial charge is 0.370 e. The second-order valence-corrected chi connectivity index (χ2v) is 6.99. The standard InChI is InChI=1S/C16H22N4OS/c1-4-17-14-12-11(3)13(22-15(12)19-9-18-14)16(21)20-7-5-6-10(2)8-20/h9-10H,4-8H2,1-3H3,(H,17,18,19). The minimum atomic E-state index is 0.148. The number of amides is 1. The van der Waals surface area contributed by atoms with Gasteiger partial charge in [0.1, 0.15) is 17.0 Å². The van der Waals surface area contributed by atoms with Gasteiger partial charge in [0.2, 0.25) is 0 Å². The van der Waals surface area contributed by atoms with Crippen molar-refractivity contribution in [1.29, 1.82) is 0 Å².